The van der Waals surface area contributed by atoms with Crippen LogP contribution >= 0.6 is 0 Å². The molecule has 2 unspecified atom stereocenters. The number of hydrogen-bond donors (Lipinski definition) is 1. The SMILES string of the molecule is COCC1COC(C)(CCO)C(=O)N1Cc1ccccc1. The fraction of sp³-hybridized carbons (Fsp3) is 0.562. The van der Waals surface area contributed by atoms with Crippen LogP contribution in [0.1, 0.15) is 18.9 Å². The molecule has 0 aromatic heterocycles. The number of ether oxygens (including phenoxy) is 2. The van der Waals surface area contributed by atoms with E-state index in [0.29, 0.717) is 26.2 Å². The van der Waals surface area contributed by atoms with E-state index in [9.17, 15) is 9.90 Å². The molecule has 0 spiro atoms. The fourth-order valence-corrected chi connectivity index (χ4v) is 2.61. The van der Waals surface area contributed by atoms with Crippen molar-refractivity contribution < 1.29 is 19.4 Å². The molecule has 1 aromatic rings. The van der Waals surface area contributed by atoms with Crippen molar-refractivity contribution in [3.8, 4) is 0 Å². The first-order valence-corrected chi connectivity index (χ1v) is 7.19. The van der Waals surface area contributed by atoms with Crippen molar-refractivity contribution in [3.63, 3.8) is 0 Å². The average molecular weight is 293 g/mol. The first-order valence-electron chi connectivity index (χ1n) is 7.19. The van der Waals surface area contributed by atoms with Gasteiger partial charge in [-0.25, -0.2) is 0 Å². The summed E-state index contributed by atoms with van der Waals surface area (Å²) in [5.41, 5.74) is 0.119. The smallest absolute Gasteiger partial charge is 0.255 e. The molecule has 21 heavy (non-hydrogen) atoms. The van der Waals surface area contributed by atoms with Gasteiger partial charge in [0, 0.05) is 26.7 Å². The molecule has 0 saturated carbocycles. The van der Waals surface area contributed by atoms with E-state index in [1.54, 1.807) is 18.9 Å². The van der Waals surface area contributed by atoms with Crippen LogP contribution in [0, 0.1) is 0 Å². The average Bonchev–Trinajstić information content (AvgIpc) is 2.49. The summed E-state index contributed by atoms with van der Waals surface area (Å²) in [5, 5.41) is 9.17. The van der Waals surface area contributed by atoms with Gasteiger partial charge in [0.1, 0.15) is 5.60 Å². The van der Waals surface area contributed by atoms with E-state index in [2.05, 4.69) is 0 Å². The molecule has 1 aliphatic rings. The number of carbonyl (C=O) groups excluding carboxylic acids is 1. The topological polar surface area (TPSA) is 59.0 Å². The van der Waals surface area contributed by atoms with Gasteiger partial charge >= 0.3 is 0 Å². The van der Waals surface area contributed by atoms with Crippen LogP contribution in [0.15, 0.2) is 30.3 Å². The maximum Gasteiger partial charge on any atom is 0.255 e. The Kier molecular flexibility index (Phi) is 5.33. The lowest BCUT2D eigenvalue weighted by Crippen LogP contribution is -2.60. The molecule has 116 valence electrons. The molecule has 5 nitrogen and oxygen atoms in total. The van der Waals surface area contributed by atoms with Crippen LogP contribution in [0.2, 0.25) is 0 Å². The van der Waals surface area contributed by atoms with Gasteiger partial charge in [0.2, 0.25) is 0 Å². The number of carbonyl (C=O) groups is 1. The maximum absolute atomic E-state index is 12.8. The second kappa shape index (κ2) is 7.02. The van der Waals surface area contributed by atoms with Crippen LogP contribution in [0.3, 0.4) is 0 Å². The molecular formula is C16H23NO4. The van der Waals surface area contributed by atoms with Crippen LogP contribution in [0.5, 0.6) is 0 Å². The summed E-state index contributed by atoms with van der Waals surface area (Å²) in [6.07, 6.45) is 0.302. The van der Waals surface area contributed by atoms with Crippen molar-refractivity contribution >= 4 is 5.91 Å². The Morgan fingerprint density at radius 1 is 1.43 bits per heavy atom. The highest BCUT2D eigenvalue weighted by Crippen LogP contribution is 2.27. The number of amides is 1. The minimum Gasteiger partial charge on any atom is -0.396 e. The van der Waals surface area contributed by atoms with Gasteiger partial charge in [0.25, 0.3) is 5.91 Å². The van der Waals surface area contributed by atoms with Gasteiger partial charge in [0.05, 0.1) is 19.3 Å². The van der Waals surface area contributed by atoms with E-state index in [1.807, 2.05) is 30.3 Å². The van der Waals surface area contributed by atoms with Crippen LogP contribution < -0.4 is 0 Å². The Balaban J connectivity index is 2.19. The third kappa shape index (κ3) is 3.61. The number of methoxy groups -OCH3 is 1. The highest BCUT2D eigenvalue weighted by molar-refractivity contribution is 5.85. The Morgan fingerprint density at radius 2 is 2.14 bits per heavy atom. The first kappa shape index (κ1) is 15.9. The van der Waals surface area contributed by atoms with Crippen LogP contribution in [0.25, 0.3) is 0 Å². The lowest BCUT2D eigenvalue weighted by Gasteiger charge is -2.44. The number of aliphatic hydroxyl groups is 1. The Labute approximate surface area is 125 Å². The standard InChI is InChI=1S/C16H23NO4/c1-16(8-9-18)15(19)17(14(11-20-2)12-21-16)10-13-6-4-3-5-7-13/h3-7,14,18H,8-12H2,1-2H3. The molecule has 0 radical (unpaired) electrons. The lowest BCUT2D eigenvalue weighted by molar-refractivity contribution is -0.183. The third-order valence-electron chi connectivity index (χ3n) is 3.89. The molecule has 2 rings (SSSR count). The monoisotopic (exact) mass is 293 g/mol. The van der Waals surface area contributed by atoms with Crippen molar-refractivity contribution in [1.82, 2.24) is 4.90 Å². The minimum atomic E-state index is -0.951. The van der Waals surface area contributed by atoms with Gasteiger partial charge in [-0.05, 0) is 12.5 Å². The number of morpholine rings is 1. The summed E-state index contributed by atoms with van der Waals surface area (Å²) in [7, 11) is 1.62. The first-order chi connectivity index (χ1) is 10.1. The summed E-state index contributed by atoms with van der Waals surface area (Å²) in [6.45, 7) is 3.05. The second-order valence-electron chi connectivity index (χ2n) is 5.54. The van der Waals surface area contributed by atoms with Gasteiger partial charge in [-0.2, -0.15) is 0 Å². The van der Waals surface area contributed by atoms with E-state index in [0.717, 1.165) is 5.56 Å². The predicted octanol–water partition coefficient (Wildman–Crippen LogP) is 1.20. The molecule has 1 aromatic carbocycles. The zero-order valence-electron chi connectivity index (χ0n) is 12.6. The van der Waals surface area contributed by atoms with Gasteiger partial charge in [0.15, 0.2) is 0 Å². The van der Waals surface area contributed by atoms with Crippen molar-refractivity contribution in [2.24, 2.45) is 0 Å². The maximum atomic E-state index is 12.8. The third-order valence-corrected chi connectivity index (χ3v) is 3.89. The number of nitrogens with zero attached hydrogens (tertiary/aromatic N) is 1. The fourth-order valence-electron chi connectivity index (χ4n) is 2.61. The van der Waals surface area contributed by atoms with Crippen molar-refractivity contribution in [3.05, 3.63) is 35.9 Å². The largest absolute Gasteiger partial charge is 0.396 e. The van der Waals surface area contributed by atoms with Gasteiger partial charge < -0.3 is 19.5 Å². The van der Waals surface area contributed by atoms with E-state index in [1.165, 1.54) is 0 Å². The minimum absolute atomic E-state index is 0.0731. The van der Waals surface area contributed by atoms with Gasteiger partial charge in [-0.3, -0.25) is 4.79 Å². The molecule has 1 heterocycles. The molecule has 1 amide bonds. The van der Waals surface area contributed by atoms with Crippen molar-refractivity contribution in [2.45, 2.75) is 31.5 Å². The zero-order valence-corrected chi connectivity index (χ0v) is 12.6. The molecule has 0 aliphatic carbocycles. The highest BCUT2D eigenvalue weighted by Gasteiger charge is 2.44. The quantitative estimate of drug-likeness (QED) is 0.856. The molecule has 5 heteroatoms. The Bertz CT molecular complexity index is 465. The second-order valence-corrected chi connectivity index (χ2v) is 5.54. The summed E-state index contributed by atoms with van der Waals surface area (Å²) in [5.74, 6) is -0.0892. The summed E-state index contributed by atoms with van der Waals surface area (Å²) >= 11 is 0. The molecule has 1 fully saturated rings. The highest BCUT2D eigenvalue weighted by atomic mass is 16.5. The van der Waals surface area contributed by atoms with Gasteiger partial charge in [-0.1, -0.05) is 30.3 Å². The van der Waals surface area contributed by atoms with Gasteiger partial charge in [-0.15, -0.1) is 0 Å². The molecule has 0 bridgehead atoms. The molecular weight excluding hydrogens is 270 g/mol. The lowest BCUT2D eigenvalue weighted by atomic mass is 9.96. The molecule has 2 atom stereocenters. The number of aliphatic hydroxyl groups excluding tert-OH is 1. The van der Waals surface area contributed by atoms with Crippen LogP contribution in [-0.2, 0) is 20.8 Å². The van der Waals surface area contributed by atoms with E-state index >= 15 is 0 Å². The number of benzene rings is 1. The predicted molar refractivity (Wildman–Crippen MR) is 78.7 cm³/mol. The number of hydrogen-bond acceptors (Lipinski definition) is 4. The van der Waals surface area contributed by atoms with Crippen molar-refractivity contribution in [2.75, 3.05) is 26.9 Å². The summed E-state index contributed by atoms with van der Waals surface area (Å²) in [6, 6.07) is 9.75. The summed E-state index contributed by atoms with van der Waals surface area (Å²) in [4.78, 5) is 14.6. The number of rotatable bonds is 6. The zero-order chi connectivity index (χ0) is 15.3. The molecule has 1 aliphatic heterocycles. The molecule has 1 saturated heterocycles. The van der Waals surface area contributed by atoms with Crippen molar-refractivity contribution in [1.29, 1.82) is 0 Å². The normalized spacial score (nSPS) is 26.1. The Hall–Kier alpha value is -1.43. The Morgan fingerprint density at radius 3 is 2.76 bits per heavy atom. The van der Waals surface area contributed by atoms with Crippen LogP contribution in [0.4, 0.5) is 0 Å². The van der Waals surface area contributed by atoms with E-state index in [4.69, 9.17) is 9.47 Å². The summed E-state index contributed by atoms with van der Waals surface area (Å²) < 4.78 is 10.9. The van der Waals surface area contributed by atoms with Crippen LogP contribution in [-0.4, -0.2) is 54.5 Å². The van der Waals surface area contributed by atoms with E-state index < -0.39 is 5.60 Å². The van der Waals surface area contributed by atoms with E-state index in [-0.39, 0.29) is 18.6 Å². The molecule has 1 N–H and O–H groups in total.